The number of urea groups is 1. The van der Waals surface area contributed by atoms with Gasteiger partial charge in [0, 0.05) is 11.2 Å². The van der Waals surface area contributed by atoms with Crippen molar-refractivity contribution in [2.45, 2.75) is 25.8 Å². The minimum absolute atomic E-state index is 0.259. The van der Waals surface area contributed by atoms with E-state index in [4.69, 9.17) is 11.5 Å². The minimum Gasteiger partial charge on any atom is -0.351 e. The highest BCUT2D eigenvalue weighted by Gasteiger charge is 2.11. The van der Waals surface area contributed by atoms with Crippen LogP contribution in [-0.4, -0.2) is 11.6 Å². The monoisotopic (exact) mass is 207 g/mol. The van der Waals surface area contributed by atoms with Crippen molar-refractivity contribution in [3.05, 3.63) is 29.8 Å². The molecule has 0 heterocycles. The average Bonchev–Trinajstić information content (AvgIpc) is 1.99. The number of nitrogens with one attached hydrogen (secondary N) is 1. The van der Waals surface area contributed by atoms with E-state index in [-0.39, 0.29) is 5.54 Å². The number of hydrogen-bond donors (Lipinski definition) is 3. The molecule has 0 unspecified atom stereocenters. The summed E-state index contributed by atoms with van der Waals surface area (Å²) in [6.07, 6.45) is 0.751. The zero-order valence-electron chi connectivity index (χ0n) is 9.08. The number of amides is 2. The highest BCUT2D eigenvalue weighted by atomic mass is 16.2. The number of primary amides is 1. The van der Waals surface area contributed by atoms with Crippen LogP contribution in [0.4, 0.5) is 10.5 Å². The minimum atomic E-state index is -0.556. The van der Waals surface area contributed by atoms with Gasteiger partial charge in [0.05, 0.1) is 0 Å². The lowest BCUT2D eigenvalue weighted by Gasteiger charge is -2.18. The Hall–Kier alpha value is -1.55. The van der Waals surface area contributed by atoms with E-state index in [2.05, 4.69) is 5.32 Å². The Morgan fingerprint density at radius 1 is 1.47 bits per heavy atom. The first kappa shape index (κ1) is 11.5. The zero-order valence-corrected chi connectivity index (χ0v) is 9.08. The van der Waals surface area contributed by atoms with Gasteiger partial charge < -0.3 is 16.8 Å². The zero-order chi connectivity index (χ0) is 11.5. The second-order valence-corrected chi connectivity index (χ2v) is 4.35. The van der Waals surface area contributed by atoms with E-state index in [1.807, 2.05) is 32.0 Å². The molecule has 0 saturated carbocycles. The molecule has 2 amide bonds. The molecule has 0 fully saturated rings. The van der Waals surface area contributed by atoms with Gasteiger partial charge in [0.25, 0.3) is 0 Å². The summed E-state index contributed by atoms with van der Waals surface area (Å²) in [6.45, 7) is 3.92. The van der Waals surface area contributed by atoms with Crippen molar-refractivity contribution < 1.29 is 4.79 Å². The van der Waals surface area contributed by atoms with Crippen LogP contribution in [0.15, 0.2) is 24.3 Å². The Labute approximate surface area is 89.6 Å². The van der Waals surface area contributed by atoms with Gasteiger partial charge in [-0.1, -0.05) is 12.1 Å². The molecule has 15 heavy (non-hydrogen) atoms. The molecule has 0 radical (unpaired) electrons. The van der Waals surface area contributed by atoms with E-state index in [0.29, 0.717) is 5.69 Å². The SMILES string of the molecule is CC(C)(N)Cc1cccc(NC(N)=O)c1. The average molecular weight is 207 g/mol. The topological polar surface area (TPSA) is 81.1 Å². The molecular weight excluding hydrogens is 190 g/mol. The number of carbonyl (C=O) groups is 1. The molecule has 1 rings (SSSR count). The van der Waals surface area contributed by atoms with Gasteiger partial charge in [0.2, 0.25) is 0 Å². The molecule has 0 aliphatic rings. The van der Waals surface area contributed by atoms with E-state index in [1.165, 1.54) is 0 Å². The van der Waals surface area contributed by atoms with Crippen molar-refractivity contribution in [3.63, 3.8) is 0 Å². The van der Waals surface area contributed by atoms with Crippen LogP contribution in [0.2, 0.25) is 0 Å². The van der Waals surface area contributed by atoms with Crippen molar-refractivity contribution in [1.29, 1.82) is 0 Å². The van der Waals surface area contributed by atoms with Crippen LogP contribution in [0.1, 0.15) is 19.4 Å². The fourth-order valence-electron chi connectivity index (χ4n) is 1.43. The van der Waals surface area contributed by atoms with Crippen LogP contribution in [-0.2, 0) is 6.42 Å². The third kappa shape index (κ3) is 4.46. The van der Waals surface area contributed by atoms with Gasteiger partial charge in [-0.25, -0.2) is 4.79 Å². The number of carbonyl (C=O) groups excluding carboxylic acids is 1. The maximum absolute atomic E-state index is 10.7. The number of benzene rings is 1. The maximum atomic E-state index is 10.7. The Bertz CT molecular complexity index is 355. The second-order valence-electron chi connectivity index (χ2n) is 4.35. The fraction of sp³-hybridized carbons (Fsp3) is 0.364. The summed E-state index contributed by atoms with van der Waals surface area (Å²) in [7, 11) is 0. The number of rotatable bonds is 3. The number of anilines is 1. The fourth-order valence-corrected chi connectivity index (χ4v) is 1.43. The van der Waals surface area contributed by atoms with E-state index >= 15 is 0 Å². The molecule has 0 saturated heterocycles. The maximum Gasteiger partial charge on any atom is 0.316 e. The van der Waals surface area contributed by atoms with Crippen LogP contribution in [0.3, 0.4) is 0 Å². The summed E-state index contributed by atoms with van der Waals surface area (Å²) >= 11 is 0. The van der Waals surface area contributed by atoms with Gasteiger partial charge in [-0.3, -0.25) is 0 Å². The van der Waals surface area contributed by atoms with Gasteiger partial charge in [-0.15, -0.1) is 0 Å². The molecule has 82 valence electrons. The highest BCUT2D eigenvalue weighted by Crippen LogP contribution is 2.14. The molecular formula is C11H17N3O. The number of nitrogens with two attached hydrogens (primary N) is 2. The van der Waals surface area contributed by atoms with E-state index in [9.17, 15) is 4.79 Å². The lowest BCUT2D eigenvalue weighted by molar-refractivity contribution is 0.259. The Morgan fingerprint density at radius 3 is 2.67 bits per heavy atom. The van der Waals surface area contributed by atoms with E-state index in [1.54, 1.807) is 6.07 Å². The first-order chi connectivity index (χ1) is 6.87. The molecule has 0 aliphatic carbocycles. The Kier molecular flexibility index (Phi) is 3.31. The van der Waals surface area contributed by atoms with Gasteiger partial charge in [-0.2, -0.15) is 0 Å². The molecule has 4 heteroatoms. The molecule has 0 aliphatic heterocycles. The summed E-state index contributed by atoms with van der Waals surface area (Å²) in [5.74, 6) is 0. The largest absolute Gasteiger partial charge is 0.351 e. The summed E-state index contributed by atoms with van der Waals surface area (Å²) in [5.41, 5.74) is 12.5. The number of hydrogen-bond acceptors (Lipinski definition) is 2. The summed E-state index contributed by atoms with van der Waals surface area (Å²) in [6, 6.07) is 6.95. The van der Waals surface area contributed by atoms with Crippen LogP contribution in [0.25, 0.3) is 0 Å². The predicted molar refractivity (Wildman–Crippen MR) is 61.6 cm³/mol. The molecule has 1 aromatic rings. The molecule has 0 bridgehead atoms. The van der Waals surface area contributed by atoms with Crippen LogP contribution >= 0.6 is 0 Å². The van der Waals surface area contributed by atoms with Crippen LogP contribution in [0, 0.1) is 0 Å². The molecule has 1 aromatic carbocycles. The standard InChI is InChI=1S/C11H17N3O/c1-11(2,13)7-8-4-3-5-9(6-8)14-10(12)15/h3-6H,7,13H2,1-2H3,(H3,12,14,15). The van der Waals surface area contributed by atoms with E-state index in [0.717, 1.165) is 12.0 Å². The van der Waals surface area contributed by atoms with Crippen LogP contribution < -0.4 is 16.8 Å². The van der Waals surface area contributed by atoms with Crippen molar-refractivity contribution in [2.24, 2.45) is 11.5 Å². The lowest BCUT2D eigenvalue weighted by atomic mass is 9.96. The van der Waals surface area contributed by atoms with Gasteiger partial charge in [0.15, 0.2) is 0 Å². The molecule has 0 atom stereocenters. The smallest absolute Gasteiger partial charge is 0.316 e. The van der Waals surface area contributed by atoms with Crippen molar-refractivity contribution >= 4 is 11.7 Å². The Balaban J connectivity index is 2.79. The normalized spacial score (nSPS) is 11.1. The van der Waals surface area contributed by atoms with Gasteiger partial charge in [0.1, 0.15) is 0 Å². The third-order valence-corrected chi connectivity index (χ3v) is 1.85. The molecule has 4 nitrogen and oxygen atoms in total. The van der Waals surface area contributed by atoms with Crippen molar-refractivity contribution in [1.82, 2.24) is 0 Å². The molecule has 0 spiro atoms. The molecule has 0 aromatic heterocycles. The third-order valence-electron chi connectivity index (χ3n) is 1.85. The van der Waals surface area contributed by atoms with Crippen molar-refractivity contribution in [2.75, 3.05) is 5.32 Å². The Morgan fingerprint density at radius 2 is 2.13 bits per heavy atom. The second kappa shape index (κ2) is 4.31. The summed E-state index contributed by atoms with van der Waals surface area (Å²) in [4.78, 5) is 10.7. The molecule has 5 N–H and O–H groups in total. The lowest BCUT2D eigenvalue weighted by Crippen LogP contribution is -2.34. The first-order valence-corrected chi connectivity index (χ1v) is 4.81. The highest BCUT2D eigenvalue weighted by molar-refractivity contribution is 5.87. The quantitative estimate of drug-likeness (QED) is 0.701. The van der Waals surface area contributed by atoms with Crippen LogP contribution in [0.5, 0.6) is 0 Å². The van der Waals surface area contributed by atoms with Gasteiger partial charge in [-0.05, 0) is 38.0 Å². The summed E-state index contributed by atoms with van der Waals surface area (Å²) < 4.78 is 0. The van der Waals surface area contributed by atoms with E-state index < -0.39 is 6.03 Å². The van der Waals surface area contributed by atoms with Gasteiger partial charge >= 0.3 is 6.03 Å². The first-order valence-electron chi connectivity index (χ1n) is 4.81. The summed E-state index contributed by atoms with van der Waals surface area (Å²) in [5, 5.41) is 2.53. The van der Waals surface area contributed by atoms with Crippen molar-refractivity contribution in [3.8, 4) is 0 Å². The predicted octanol–water partition coefficient (Wildman–Crippen LogP) is 1.46.